The largest absolute Gasteiger partial charge is 0.352 e. The van der Waals surface area contributed by atoms with Crippen LogP contribution in [0.1, 0.15) is 45.7 Å². The average molecular weight is 306 g/mol. The van der Waals surface area contributed by atoms with Crippen molar-refractivity contribution in [2.45, 2.75) is 58.5 Å². The van der Waals surface area contributed by atoms with E-state index in [-0.39, 0.29) is 6.04 Å². The molecule has 2 N–H and O–H groups in total. The molecular weight excluding hydrogens is 280 g/mol. The van der Waals surface area contributed by atoms with Crippen LogP contribution in [-0.2, 0) is 6.42 Å². The molecular formula is C16H26N4S. The Labute approximate surface area is 131 Å². The summed E-state index contributed by atoms with van der Waals surface area (Å²) in [4.78, 5) is 8.52. The third kappa shape index (κ3) is 2.69. The van der Waals surface area contributed by atoms with E-state index in [1.165, 1.54) is 24.4 Å². The van der Waals surface area contributed by atoms with Gasteiger partial charge in [0.15, 0.2) is 10.8 Å². The molecule has 3 atom stereocenters. The second-order valence-corrected chi connectivity index (χ2v) is 7.24. The van der Waals surface area contributed by atoms with Crippen molar-refractivity contribution in [3.8, 4) is 0 Å². The highest BCUT2D eigenvalue weighted by Crippen LogP contribution is 2.32. The molecule has 116 valence electrons. The number of rotatable bonds is 4. The second-order valence-electron chi connectivity index (χ2n) is 6.36. The fraction of sp³-hybridized carbons (Fsp3) is 0.688. The predicted molar refractivity (Wildman–Crippen MR) is 90.2 cm³/mol. The maximum atomic E-state index is 6.23. The third-order valence-corrected chi connectivity index (χ3v) is 5.72. The summed E-state index contributed by atoms with van der Waals surface area (Å²) in [6.07, 6.45) is 6.62. The molecule has 0 radical (unpaired) electrons. The van der Waals surface area contributed by atoms with Crippen molar-refractivity contribution in [3.05, 3.63) is 17.3 Å². The quantitative estimate of drug-likeness (QED) is 0.942. The lowest BCUT2D eigenvalue weighted by molar-refractivity contribution is 0.361. The van der Waals surface area contributed by atoms with Gasteiger partial charge >= 0.3 is 0 Å². The van der Waals surface area contributed by atoms with E-state index in [1.54, 1.807) is 11.3 Å². The zero-order valence-corrected chi connectivity index (χ0v) is 14.1. The van der Waals surface area contributed by atoms with Gasteiger partial charge in [-0.25, -0.2) is 4.98 Å². The van der Waals surface area contributed by atoms with Crippen molar-refractivity contribution < 1.29 is 0 Å². The standard InChI is InChI=1S/C16H26N4S/c1-4-13(17)10-14-15(18-16-20(14)8-9-21-16)19-7-5-6-11(2)12(19)3/h8-9,11-13H,4-7,10,17H2,1-3H3. The monoisotopic (exact) mass is 306 g/mol. The van der Waals surface area contributed by atoms with E-state index >= 15 is 0 Å². The summed E-state index contributed by atoms with van der Waals surface area (Å²) < 4.78 is 2.24. The molecule has 2 aromatic heterocycles. The molecule has 0 aliphatic carbocycles. The van der Waals surface area contributed by atoms with Crippen LogP contribution in [0.5, 0.6) is 0 Å². The number of piperidine rings is 1. The first kappa shape index (κ1) is 14.9. The normalized spacial score (nSPS) is 24.7. The Kier molecular flexibility index (Phi) is 4.22. The smallest absolute Gasteiger partial charge is 0.195 e. The minimum atomic E-state index is 0.209. The predicted octanol–water partition coefficient (Wildman–Crippen LogP) is 3.30. The molecule has 1 saturated heterocycles. The van der Waals surface area contributed by atoms with Gasteiger partial charge in [0.25, 0.3) is 0 Å². The van der Waals surface area contributed by atoms with Crippen LogP contribution >= 0.6 is 11.3 Å². The van der Waals surface area contributed by atoms with Crippen molar-refractivity contribution in [1.82, 2.24) is 9.38 Å². The third-order valence-electron chi connectivity index (χ3n) is 4.97. The minimum Gasteiger partial charge on any atom is -0.352 e. The summed E-state index contributed by atoms with van der Waals surface area (Å²) in [5.41, 5.74) is 7.52. The molecule has 0 aromatic carbocycles. The molecule has 5 heteroatoms. The molecule has 2 aromatic rings. The average Bonchev–Trinajstić information content (AvgIpc) is 3.04. The van der Waals surface area contributed by atoms with Crippen LogP contribution in [0, 0.1) is 5.92 Å². The molecule has 3 unspecified atom stereocenters. The van der Waals surface area contributed by atoms with Gasteiger partial charge in [-0.05, 0) is 32.1 Å². The van der Waals surface area contributed by atoms with Crippen molar-refractivity contribution >= 4 is 22.1 Å². The van der Waals surface area contributed by atoms with Gasteiger partial charge in [-0.2, -0.15) is 0 Å². The van der Waals surface area contributed by atoms with E-state index in [2.05, 4.69) is 41.6 Å². The maximum Gasteiger partial charge on any atom is 0.195 e. The number of nitrogens with two attached hydrogens (primary N) is 1. The molecule has 21 heavy (non-hydrogen) atoms. The van der Waals surface area contributed by atoms with Gasteiger partial charge in [0.2, 0.25) is 0 Å². The lowest BCUT2D eigenvalue weighted by atomic mass is 9.92. The first-order valence-electron chi connectivity index (χ1n) is 8.08. The Morgan fingerprint density at radius 1 is 1.48 bits per heavy atom. The summed E-state index contributed by atoms with van der Waals surface area (Å²) in [6.45, 7) is 7.96. The van der Waals surface area contributed by atoms with E-state index in [0.717, 1.165) is 30.3 Å². The highest BCUT2D eigenvalue weighted by atomic mass is 32.1. The number of imidazole rings is 1. The van der Waals surface area contributed by atoms with Crippen LogP contribution < -0.4 is 10.6 Å². The number of nitrogens with zero attached hydrogens (tertiary/aromatic N) is 3. The first-order chi connectivity index (χ1) is 10.1. The molecule has 0 amide bonds. The Hall–Kier alpha value is -1.07. The van der Waals surface area contributed by atoms with E-state index in [0.29, 0.717) is 6.04 Å². The molecule has 0 saturated carbocycles. The van der Waals surface area contributed by atoms with Crippen molar-refractivity contribution in [3.63, 3.8) is 0 Å². The van der Waals surface area contributed by atoms with Crippen molar-refractivity contribution in [2.75, 3.05) is 11.4 Å². The zero-order valence-electron chi connectivity index (χ0n) is 13.2. The molecule has 3 heterocycles. The van der Waals surface area contributed by atoms with E-state index in [4.69, 9.17) is 10.7 Å². The van der Waals surface area contributed by atoms with E-state index in [1.807, 2.05) is 0 Å². The Balaban J connectivity index is 2.00. The molecule has 1 aliphatic heterocycles. The summed E-state index contributed by atoms with van der Waals surface area (Å²) in [5, 5.41) is 2.11. The molecule has 0 bridgehead atoms. The number of thiazole rings is 1. The number of hydrogen-bond acceptors (Lipinski definition) is 4. The lowest BCUT2D eigenvalue weighted by Gasteiger charge is -2.38. The van der Waals surface area contributed by atoms with Crippen molar-refractivity contribution in [1.29, 1.82) is 0 Å². The van der Waals surface area contributed by atoms with Gasteiger partial charge in [0, 0.05) is 36.6 Å². The van der Waals surface area contributed by atoms with Crippen LogP contribution in [0.25, 0.3) is 4.96 Å². The Morgan fingerprint density at radius 2 is 2.29 bits per heavy atom. The number of anilines is 1. The van der Waals surface area contributed by atoms with Gasteiger partial charge in [-0.15, -0.1) is 11.3 Å². The van der Waals surface area contributed by atoms with Crippen molar-refractivity contribution in [2.24, 2.45) is 11.7 Å². The van der Waals surface area contributed by atoms with Gasteiger partial charge < -0.3 is 10.6 Å². The molecule has 1 aliphatic rings. The Bertz CT molecular complexity index is 602. The SMILES string of the molecule is CCC(N)Cc1c(N2CCCC(C)C2C)nc2sccn12. The zero-order chi connectivity index (χ0) is 15.0. The van der Waals surface area contributed by atoms with Crippen LogP contribution in [-0.4, -0.2) is 28.0 Å². The number of aromatic nitrogens is 2. The van der Waals surface area contributed by atoms with Crippen LogP contribution in [0.4, 0.5) is 5.82 Å². The van der Waals surface area contributed by atoms with Gasteiger partial charge in [0.1, 0.15) is 0 Å². The molecule has 4 nitrogen and oxygen atoms in total. The summed E-state index contributed by atoms with van der Waals surface area (Å²) >= 11 is 1.71. The maximum absolute atomic E-state index is 6.23. The highest BCUT2D eigenvalue weighted by Gasteiger charge is 2.29. The molecule has 0 spiro atoms. The Morgan fingerprint density at radius 3 is 3.05 bits per heavy atom. The van der Waals surface area contributed by atoms with Crippen LogP contribution in [0.15, 0.2) is 11.6 Å². The first-order valence-corrected chi connectivity index (χ1v) is 8.96. The summed E-state index contributed by atoms with van der Waals surface area (Å²) in [5.74, 6) is 1.90. The molecule has 1 fully saturated rings. The van der Waals surface area contributed by atoms with E-state index < -0.39 is 0 Å². The summed E-state index contributed by atoms with van der Waals surface area (Å²) in [6, 6.07) is 0.765. The fourth-order valence-corrected chi connectivity index (χ4v) is 4.00. The van der Waals surface area contributed by atoms with Gasteiger partial charge in [0.05, 0.1) is 5.69 Å². The highest BCUT2D eigenvalue weighted by molar-refractivity contribution is 7.15. The van der Waals surface area contributed by atoms with Crippen LogP contribution in [0.3, 0.4) is 0 Å². The summed E-state index contributed by atoms with van der Waals surface area (Å²) in [7, 11) is 0. The topological polar surface area (TPSA) is 46.6 Å². The van der Waals surface area contributed by atoms with Gasteiger partial charge in [-0.3, -0.25) is 4.40 Å². The second kappa shape index (κ2) is 5.97. The van der Waals surface area contributed by atoms with Gasteiger partial charge in [-0.1, -0.05) is 13.8 Å². The number of hydrogen-bond donors (Lipinski definition) is 1. The van der Waals surface area contributed by atoms with E-state index in [9.17, 15) is 0 Å². The number of fused-ring (bicyclic) bond motifs is 1. The minimum absolute atomic E-state index is 0.209. The van der Waals surface area contributed by atoms with Crippen LogP contribution in [0.2, 0.25) is 0 Å². The molecule has 3 rings (SSSR count). The fourth-order valence-electron chi connectivity index (χ4n) is 3.27. The lowest BCUT2D eigenvalue weighted by Crippen LogP contribution is -2.43.